The van der Waals surface area contributed by atoms with Crippen molar-refractivity contribution in [3.05, 3.63) is 40.9 Å². The molecule has 4 nitrogen and oxygen atoms in total. The Morgan fingerprint density at radius 1 is 1.20 bits per heavy atom. The third-order valence-electron chi connectivity index (χ3n) is 2.56. The van der Waals surface area contributed by atoms with Gasteiger partial charge in [-0.3, -0.25) is 0 Å². The summed E-state index contributed by atoms with van der Waals surface area (Å²) >= 11 is 3.41. The lowest BCUT2D eigenvalue weighted by atomic mass is 10.2. The highest BCUT2D eigenvalue weighted by molar-refractivity contribution is 9.10. The fourth-order valence-corrected chi connectivity index (χ4v) is 1.83. The molecule has 0 spiro atoms. The van der Waals surface area contributed by atoms with Crippen LogP contribution in [0.15, 0.2) is 40.9 Å². The Labute approximate surface area is 127 Å². The number of nitrogens with one attached hydrogen (secondary N) is 1. The van der Waals surface area contributed by atoms with E-state index in [-0.39, 0.29) is 0 Å². The van der Waals surface area contributed by atoms with E-state index >= 15 is 0 Å². The molecule has 0 fully saturated rings. The molecule has 0 saturated heterocycles. The molecule has 2 rings (SSSR count). The molecule has 0 aliphatic carbocycles. The van der Waals surface area contributed by atoms with Crippen molar-refractivity contribution in [1.29, 1.82) is 0 Å². The second-order valence-corrected chi connectivity index (χ2v) is 5.84. The van der Waals surface area contributed by atoms with Crippen molar-refractivity contribution in [3.63, 3.8) is 0 Å². The van der Waals surface area contributed by atoms with Crippen LogP contribution in [0.1, 0.15) is 13.8 Å². The average molecular weight is 336 g/mol. The summed E-state index contributed by atoms with van der Waals surface area (Å²) in [6, 6.07) is 11.5. The van der Waals surface area contributed by atoms with Crippen molar-refractivity contribution in [3.8, 4) is 5.88 Å². The second-order valence-electron chi connectivity index (χ2n) is 4.93. The normalized spacial score (nSPS) is 10.6. The number of anilines is 3. The number of nitrogens with two attached hydrogens (primary N) is 1. The first-order valence-electron chi connectivity index (χ1n) is 6.46. The van der Waals surface area contributed by atoms with Crippen molar-refractivity contribution in [2.24, 2.45) is 5.92 Å². The van der Waals surface area contributed by atoms with Gasteiger partial charge in [0.2, 0.25) is 5.88 Å². The zero-order chi connectivity index (χ0) is 14.5. The maximum absolute atomic E-state index is 5.87. The van der Waals surface area contributed by atoms with Crippen LogP contribution in [0.2, 0.25) is 0 Å². The molecule has 1 aromatic heterocycles. The first-order chi connectivity index (χ1) is 9.54. The molecule has 3 N–H and O–H groups in total. The van der Waals surface area contributed by atoms with Crippen LogP contribution in [0.5, 0.6) is 5.88 Å². The molecule has 0 unspecified atom stereocenters. The SMILES string of the molecule is CC(C)COc1nc(Nc2ccc(Br)cc2)ccc1N. The molecule has 106 valence electrons. The van der Waals surface area contributed by atoms with E-state index in [9.17, 15) is 0 Å². The Morgan fingerprint density at radius 2 is 1.90 bits per heavy atom. The fourth-order valence-electron chi connectivity index (χ4n) is 1.56. The van der Waals surface area contributed by atoms with E-state index in [2.05, 4.69) is 40.1 Å². The van der Waals surface area contributed by atoms with Crippen LogP contribution in [0, 0.1) is 5.92 Å². The number of hydrogen-bond donors (Lipinski definition) is 2. The lowest BCUT2D eigenvalue weighted by Crippen LogP contribution is -2.08. The molecule has 0 saturated carbocycles. The van der Waals surface area contributed by atoms with E-state index in [1.165, 1.54) is 0 Å². The summed E-state index contributed by atoms with van der Waals surface area (Å²) < 4.78 is 6.65. The van der Waals surface area contributed by atoms with Crippen LogP contribution in [-0.2, 0) is 0 Å². The lowest BCUT2D eigenvalue weighted by Gasteiger charge is -2.12. The molecule has 5 heteroatoms. The van der Waals surface area contributed by atoms with Gasteiger partial charge in [0.05, 0.1) is 12.3 Å². The van der Waals surface area contributed by atoms with Gasteiger partial charge in [-0.05, 0) is 42.3 Å². The Balaban J connectivity index is 2.12. The van der Waals surface area contributed by atoms with Crippen LogP contribution >= 0.6 is 15.9 Å². The molecule has 0 amide bonds. The molecular formula is C15H18BrN3O. The van der Waals surface area contributed by atoms with Gasteiger partial charge in [-0.1, -0.05) is 29.8 Å². The van der Waals surface area contributed by atoms with Gasteiger partial charge in [-0.25, -0.2) is 0 Å². The summed E-state index contributed by atoms with van der Waals surface area (Å²) in [6.45, 7) is 4.76. The van der Waals surface area contributed by atoms with Gasteiger partial charge in [0.1, 0.15) is 5.82 Å². The minimum Gasteiger partial charge on any atom is -0.476 e. The third-order valence-corrected chi connectivity index (χ3v) is 3.09. The van der Waals surface area contributed by atoms with Crippen molar-refractivity contribution >= 4 is 33.1 Å². The summed E-state index contributed by atoms with van der Waals surface area (Å²) in [6.07, 6.45) is 0. The van der Waals surface area contributed by atoms with Crippen LogP contribution in [0.4, 0.5) is 17.2 Å². The quantitative estimate of drug-likeness (QED) is 0.859. The van der Waals surface area contributed by atoms with Crippen LogP contribution in [0.3, 0.4) is 0 Å². The van der Waals surface area contributed by atoms with E-state index in [0.29, 0.717) is 29.9 Å². The summed E-state index contributed by atoms with van der Waals surface area (Å²) in [7, 11) is 0. The fraction of sp³-hybridized carbons (Fsp3) is 0.267. The van der Waals surface area contributed by atoms with Gasteiger partial charge in [-0.15, -0.1) is 0 Å². The minimum absolute atomic E-state index is 0.430. The maximum Gasteiger partial charge on any atom is 0.239 e. The number of aromatic nitrogens is 1. The van der Waals surface area contributed by atoms with E-state index in [4.69, 9.17) is 10.5 Å². The van der Waals surface area contributed by atoms with Gasteiger partial charge in [0.15, 0.2) is 0 Å². The van der Waals surface area contributed by atoms with Crippen molar-refractivity contribution < 1.29 is 4.74 Å². The Morgan fingerprint density at radius 3 is 2.55 bits per heavy atom. The van der Waals surface area contributed by atoms with Crippen molar-refractivity contribution in [2.75, 3.05) is 17.7 Å². The number of hydrogen-bond acceptors (Lipinski definition) is 4. The Hall–Kier alpha value is -1.75. The third kappa shape index (κ3) is 4.13. The van der Waals surface area contributed by atoms with Crippen molar-refractivity contribution in [2.45, 2.75) is 13.8 Å². The second kappa shape index (κ2) is 6.61. The van der Waals surface area contributed by atoms with E-state index < -0.39 is 0 Å². The number of nitrogen functional groups attached to an aromatic ring is 1. The molecule has 0 radical (unpaired) electrons. The molecule has 0 aliphatic rings. The molecule has 20 heavy (non-hydrogen) atoms. The smallest absolute Gasteiger partial charge is 0.239 e. The molecule has 1 heterocycles. The number of benzene rings is 1. The van der Waals surface area contributed by atoms with Crippen LogP contribution in [-0.4, -0.2) is 11.6 Å². The topological polar surface area (TPSA) is 60.2 Å². The highest BCUT2D eigenvalue weighted by Gasteiger charge is 2.06. The average Bonchev–Trinajstić information content (AvgIpc) is 2.42. The van der Waals surface area contributed by atoms with Crippen LogP contribution in [0.25, 0.3) is 0 Å². The first-order valence-corrected chi connectivity index (χ1v) is 7.26. The minimum atomic E-state index is 0.430. The van der Waals surface area contributed by atoms with Crippen LogP contribution < -0.4 is 15.8 Å². The maximum atomic E-state index is 5.87. The van der Waals surface area contributed by atoms with Gasteiger partial charge in [0, 0.05) is 10.2 Å². The summed E-state index contributed by atoms with van der Waals surface area (Å²) in [5.41, 5.74) is 7.37. The van der Waals surface area contributed by atoms with E-state index in [1.54, 1.807) is 6.07 Å². The molecule has 2 aromatic rings. The lowest BCUT2D eigenvalue weighted by molar-refractivity contribution is 0.263. The highest BCUT2D eigenvalue weighted by Crippen LogP contribution is 2.24. The molecular weight excluding hydrogens is 318 g/mol. The monoisotopic (exact) mass is 335 g/mol. The molecule has 1 aromatic carbocycles. The molecule has 0 aliphatic heterocycles. The Kier molecular flexibility index (Phi) is 4.84. The predicted molar refractivity (Wildman–Crippen MR) is 86.4 cm³/mol. The first kappa shape index (κ1) is 14.7. The zero-order valence-electron chi connectivity index (χ0n) is 11.6. The number of halogens is 1. The highest BCUT2D eigenvalue weighted by atomic mass is 79.9. The molecule has 0 bridgehead atoms. The van der Waals surface area contributed by atoms with E-state index in [1.807, 2.05) is 30.3 Å². The number of ether oxygens (including phenoxy) is 1. The van der Waals surface area contributed by atoms with E-state index in [0.717, 1.165) is 10.2 Å². The van der Waals surface area contributed by atoms with Gasteiger partial charge < -0.3 is 15.8 Å². The number of nitrogens with zero attached hydrogens (tertiary/aromatic N) is 1. The van der Waals surface area contributed by atoms with Gasteiger partial charge >= 0.3 is 0 Å². The summed E-state index contributed by atoms with van der Waals surface area (Å²) in [5, 5.41) is 3.22. The zero-order valence-corrected chi connectivity index (χ0v) is 13.1. The largest absolute Gasteiger partial charge is 0.476 e. The summed E-state index contributed by atoms with van der Waals surface area (Å²) in [4.78, 5) is 4.39. The van der Waals surface area contributed by atoms with Gasteiger partial charge in [-0.2, -0.15) is 4.98 Å². The summed E-state index contributed by atoms with van der Waals surface area (Å²) in [5.74, 6) is 1.61. The number of pyridine rings is 1. The molecule has 0 atom stereocenters. The van der Waals surface area contributed by atoms with Gasteiger partial charge in [0.25, 0.3) is 0 Å². The standard InChI is InChI=1S/C15H18BrN3O/c1-10(2)9-20-15-13(17)7-8-14(19-15)18-12-5-3-11(16)4-6-12/h3-8,10H,9,17H2,1-2H3,(H,18,19). The van der Waals surface area contributed by atoms with Crippen molar-refractivity contribution in [1.82, 2.24) is 4.98 Å². The Bertz CT molecular complexity index is 570. The predicted octanol–water partition coefficient (Wildman–Crippen LogP) is 4.20. The number of rotatable bonds is 5.